The highest BCUT2D eigenvalue weighted by atomic mass is 32.2. The number of hydrogen-bond donors (Lipinski definition) is 1. The Morgan fingerprint density at radius 1 is 1.11 bits per heavy atom. The fraction of sp³-hybridized carbons (Fsp3) is 0.345. The molecule has 1 N–H and O–H groups in total. The van der Waals surface area contributed by atoms with E-state index in [1.807, 2.05) is 53.9 Å². The Morgan fingerprint density at radius 3 is 2.58 bits per heavy atom. The molecule has 1 aromatic heterocycles. The molecule has 38 heavy (non-hydrogen) atoms. The van der Waals surface area contributed by atoms with Crippen molar-refractivity contribution < 1.29 is 19.1 Å². The molecule has 0 saturated heterocycles. The number of thioether (sulfide) groups is 1. The molecule has 3 aromatic rings. The molecule has 0 radical (unpaired) electrons. The van der Waals surface area contributed by atoms with Gasteiger partial charge >= 0.3 is 5.24 Å². The van der Waals surface area contributed by atoms with Gasteiger partial charge in [0.25, 0.3) is 5.91 Å². The number of carbonyl (C=O) groups is 2. The minimum atomic E-state index is -0.133. The van der Waals surface area contributed by atoms with Crippen LogP contribution in [0.1, 0.15) is 59.8 Å². The lowest BCUT2D eigenvalue weighted by Gasteiger charge is -2.29. The molecule has 2 aliphatic rings. The number of methoxy groups -OCH3 is 1. The Morgan fingerprint density at radius 2 is 1.89 bits per heavy atom. The number of nitrogens with zero attached hydrogens (tertiary/aromatic N) is 2. The molecular weight excluding hydrogens is 518 g/mol. The molecule has 198 valence electrons. The Bertz CT molecular complexity index is 1300. The third-order valence-corrected chi connectivity index (χ3v) is 8.82. The van der Waals surface area contributed by atoms with Crippen LogP contribution in [-0.2, 0) is 6.54 Å². The van der Waals surface area contributed by atoms with Gasteiger partial charge in [-0.15, -0.1) is 11.3 Å². The van der Waals surface area contributed by atoms with E-state index in [9.17, 15) is 9.59 Å². The van der Waals surface area contributed by atoms with Crippen LogP contribution in [0.2, 0.25) is 0 Å². The molecule has 7 nitrogen and oxygen atoms in total. The molecule has 0 spiro atoms. The number of rotatable bonds is 9. The van der Waals surface area contributed by atoms with Crippen molar-refractivity contribution in [1.82, 2.24) is 5.01 Å². The van der Waals surface area contributed by atoms with Gasteiger partial charge in [0.15, 0.2) is 11.5 Å². The minimum absolute atomic E-state index is 0.0404. The second kappa shape index (κ2) is 12.0. The molecule has 5 rings (SSSR count). The summed E-state index contributed by atoms with van der Waals surface area (Å²) in [5.74, 6) is 1.30. The molecule has 2 amide bonds. The highest BCUT2D eigenvalue weighted by Crippen LogP contribution is 2.36. The zero-order chi connectivity index (χ0) is 26.5. The first-order valence-electron chi connectivity index (χ1n) is 12.9. The van der Waals surface area contributed by atoms with E-state index in [1.165, 1.54) is 40.9 Å². The molecule has 1 aliphatic carbocycles. The Hall–Kier alpha value is -3.30. The summed E-state index contributed by atoms with van der Waals surface area (Å²) in [7, 11) is 1.65. The number of benzene rings is 2. The molecule has 2 aromatic carbocycles. The van der Waals surface area contributed by atoms with Crippen LogP contribution in [-0.4, -0.2) is 40.3 Å². The van der Waals surface area contributed by atoms with Gasteiger partial charge in [0.2, 0.25) is 0 Å². The zero-order valence-electron chi connectivity index (χ0n) is 21.5. The van der Waals surface area contributed by atoms with E-state index in [0.717, 1.165) is 41.9 Å². The summed E-state index contributed by atoms with van der Waals surface area (Å²) in [6.45, 7) is 2.41. The van der Waals surface area contributed by atoms with Crippen LogP contribution >= 0.6 is 23.1 Å². The molecule has 1 atom stereocenters. The van der Waals surface area contributed by atoms with Crippen LogP contribution in [0.3, 0.4) is 0 Å². The van der Waals surface area contributed by atoms with Crippen LogP contribution in [0.15, 0.2) is 65.1 Å². The second-order valence-corrected chi connectivity index (χ2v) is 11.4. The summed E-state index contributed by atoms with van der Waals surface area (Å²) < 4.78 is 11.9. The van der Waals surface area contributed by atoms with Gasteiger partial charge in [-0.25, -0.2) is 5.01 Å². The number of nitrogens with one attached hydrogen (secondary N) is 1. The molecule has 1 aliphatic heterocycles. The fourth-order valence-corrected chi connectivity index (χ4v) is 6.23. The third kappa shape index (κ3) is 6.05. The Balaban J connectivity index is 1.34. The Labute approximate surface area is 231 Å². The van der Waals surface area contributed by atoms with Crippen molar-refractivity contribution in [3.8, 4) is 11.5 Å². The van der Waals surface area contributed by atoms with Crippen LogP contribution in [0, 0.1) is 0 Å². The minimum Gasteiger partial charge on any atom is -0.493 e. The van der Waals surface area contributed by atoms with Crippen molar-refractivity contribution in [1.29, 1.82) is 0 Å². The van der Waals surface area contributed by atoms with E-state index in [-0.39, 0.29) is 22.5 Å². The lowest BCUT2D eigenvalue weighted by atomic mass is 10.0. The summed E-state index contributed by atoms with van der Waals surface area (Å²) in [6, 6.07) is 17.1. The van der Waals surface area contributed by atoms with E-state index in [0.29, 0.717) is 22.9 Å². The summed E-state index contributed by atoms with van der Waals surface area (Å²) in [5, 5.41) is 11.0. The summed E-state index contributed by atoms with van der Waals surface area (Å²) in [6.07, 6.45) is 5.48. The molecule has 1 unspecified atom stereocenters. The van der Waals surface area contributed by atoms with Gasteiger partial charge in [0.05, 0.1) is 35.6 Å². The average molecular weight is 550 g/mol. The molecule has 1 fully saturated rings. The quantitative estimate of drug-likeness (QED) is 0.306. The highest BCUT2D eigenvalue weighted by Gasteiger charge is 2.31. The monoisotopic (exact) mass is 549 g/mol. The van der Waals surface area contributed by atoms with Gasteiger partial charge in [0.1, 0.15) is 0 Å². The van der Waals surface area contributed by atoms with E-state index >= 15 is 0 Å². The van der Waals surface area contributed by atoms with E-state index in [2.05, 4.69) is 12.2 Å². The maximum absolute atomic E-state index is 13.0. The summed E-state index contributed by atoms with van der Waals surface area (Å²) in [5.41, 5.74) is 3.42. The number of anilines is 1. The maximum Gasteiger partial charge on any atom is 0.302 e. The maximum atomic E-state index is 13.0. The van der Waals surface area contributed by atoms with Crippen molar-refractivity contribution in [2.24, 2.45) is 5.10 Å². The smallest absolute Gasteiger partial charge is 0.302 e. The van der Waals surface area contributed by atoms with E-state index in [4.69, 9.17) is 14.6 Å². The van der Waals surface area contributed by atoms with Crippen LogP contribution in [0.5, 0.6) is 11.5 Å². The Kier molecular flexibility index (Phi) is 8.34. The first-order valence-corrected chi connectivity index (χ1v) is 14.7. The summed E-state index contributed by atoms with van der Waals surface area (Å²) >= 11 is 2.70. The number of hydrogen-bond acceptors (Lipinski definition) is 7. The van der Waals surface area contributed by atoms with Crippen LogP contribution in [0.25, 0.3) is 0 Å². The van der Waals surface area contributed by atoms with Crippen LogP contribution < -0.4 is 14.8 Å². The van der Waals surface area contributed by atoms with E-state index < -0.39 is 0 Å². The van der Waals surface area contributed by atoms with Crippen molar-refractivity contribution in [2.75, 3.05) is 12.4 Å². The SMILES string of the molecule is CCC1SC(=O)N(Cc2ccc(NC(=O)c3cccs3)cc2)N=C1c1ccc(OC)c(OC2CCCC2)c1. The van der Waals surface area contributed by atoms with E-state index in [1.54, 1.807) is 13.2 Å². The van der Waals surface area contributed by atoms with Gasteiger partial charge in [0, 0.05) is 11.3 Å². The van der Waals surface area contributed by atoms with Crippen LogP contribution in [0.4, 0.5) is 10.5 Å². The molecule has 1 saturated carbocycles. The van der Waals surface area contributed by atoms with Crippen molar-refractivity contribution in [3.05, 3.63) is 76.0 Å². The topological polar surface area (TPSA) is 80.2 Å². The standard InChI is InChI=1S/C29H31N3O4S2/c1-3-25-27(20-12-15-23(35-2)24(17-20)36-22-7-4-5-8-22)31-32(29(34)38-25)18-19-10-13-21(14-11-19)30-28(33)26-9-6-16-37-26/h6,9-17,22,25H,3-5,7-8,18H2,1-2H3,(H,30,33). The van der Waals surface area contributed by atoms with Gasteiger partial charge in [-0.3, -0.25) is 9.59 Å². The zero-order valence-corrected chi connectivity index (χ0v) is 23.1. The fourth-order valence-electron chi connectivity index (χ4n) is 4.67. The number of hydrazone groups is 1. The van der Waals surface area contributed by atoms with Crippen molar-refractivity contribution >= 4 is 45.6 Å². The largest absolute Gasteiger partial charge is 0.493 e. The normalized spacial score (nSPS) is 17.8. The van der Waals surface area contributed by atoms with Gasteiger partial charge in [-0.05, 0) is 79.4 Å². The molecular formula is C29H31N3O4S2. The predicted octanol–water partition coefficient (Wildman–Crippen LogP) is 7.18. The van der Waals surface area contributed by atoms with Gasteiger partial charge in [-0.1, -0.05) is 36.9 Å². The highest BCUT2D eigenvalue weighted by molar-refractivity contribution is 8.14. The predicted molar refractivity (Wildman–Crippen MR) is 154 cm³/mol. The van der Waals surface area contributed by atoms with Gasteiger partial charge in [-0.2, -0.15) is 5.10 Å². The first-order chi connectivity index (χ1) is 18.5. The molecule has 2 heterocycles. The number of ether oxygens (including phenoxy) is 2. The lowest BCUT2D eigenvalue weighted by Crippen LogP contribution is -2.34. The average Bonchev–Trinajstić information content (AvgIpc) is 3.66. The van der Waals surface area contributed by atoms with Gasteiger partial charge < -0.3 is 14.8 Å². The first kappa shape index (κ1) is 26.3. The second-order valence-electron chi connectivity index (χ2n) is 9.34. The number of amides is 2. The van der Waals surface area contributed by atoms with Crippen molar-refractivity contribution in [3.63, 3.8) is 0 Å². The summed E-state index contributed by atoms with van der Waals surface area (Å²) in [4.78, 5) is 25.9. The third-order valence-electron chi connectivity index (χ3n) is 6.70. The molecule has 9 heteroatoms. The molecule has 0 bridgehead atoms. The van der Waals surface area contributed by atoms with Crippen molar-refractivity contribution in [2.45, 2.75) is 56.9 Å². The number of carbonyl (C=O) groups excluding carboxylic acids is 2. The lowest BCUT2D eigenvalue weighted by molar-refractivity contribution is 0.103. The number of thiophene rings is 1.